The van der Waals surface area contributed by atoms with Gasteiger partial charge in [-0.2, -0.15) is 11.8 Å². The molecule has 0 bridgehead atoms. The zero-order chi connectivity index (χ0) is 18.0. The molecule has 5 nitrogen and oxygen atoms in total. The van der Waals surface area contributed by atoms with Crippen LogP contribution >= 0.6 is 23.5 Å². The molecule has 25 heavy (non-hydrogen) atoms. The lowest BCUT2D eigenvalue weighted by molar-refractivity contribution is -0.112. The number of thioether (sulfide) groups is 2. The van der Waals surface area contributed by atoms with Gasteiger partial charge in [-0.1, -0.05) is 43.8 Å². The summed E-state index contributed by atoms with van der Waals surface area (Å²) < 4.78 is 5.49. The molecule has 7 heteroatoms. The Hall–Kier alpha value is -1.73. The SMILES string of the molecule is CSCc1nnc(SCC(=O)/C=C2/N(C)c3ccccc3C2(C)C)o1. The van der Waals surface area contributed by atoms with E-state index in [9.17, 15) is 4.79 Å². The molecule has 0 radical (unpaired) electrons. The standard InChI is InChI=1S/C18H21N3O2S2/c1-18(2)13-7-5-6-8-14(13)21(3)15(18)9-12(22)10-25-17-20-19-16(23-17)11-24-4/h5-9H,10-11H2,1-4H3/b15-9+. The van der Waals surface area contributed by atoms with Gasteiger partial charge in [-0.3, -0.25) is 4.79 Å². The predicted octanol–water partition coefficient (Wildman–Crippen LogP) is 3.91. The van der Waals surface area contributed by atoms with Crippen molar-refractivity contribution in [2.45, 2.75) is 30.2 Å². The number of carbonyl (C=O) groups is 1. The van der Waals surface area contributed by atoms with Crippen LogP contribution in [0.5, 0.6) is 0 Å². The third-order valence-corrected chi connectivity index (χ3v) is 5.67. The highest BCUT2D eigenvalue weighted by atomic mass is 32.2. The molecule has 132 valence electrons. The molecule has 0 amide bonds. The van der Waals surface area contributed by atoms with E-state index in [0.717, 1.165) is 11.4 Å². The van der Waals surface area contributed by atoms with Crippen molar-refractivity contribution in [1.29, 1.82) is 0 Å². The Morgan fingerprint density at radius 2 is 2.08 bits per heavy atom. The third kappa shape index (κ3) is 3.62. The van der Waals surface area contributed by atoms with Gasteiger partial charge in [0.25, 0.3) is 5.22 Å². The maximum Gasteiger partial charge on any atom is 0.277 e. The van der Waals surface area contributed by atoms with E-state index in [0.29, 0.717) is 16.9 Å². The second kappa shape index (κ2) is 7.25. The van der Waals surface area contributed by atoms with E-state index < -0.39 is 0 Å². The van der Waals surface area contributed by atoms with Crippen molar-refractivity contribution in [2.24, 2.45) is 0 Å². The minimum Gasteiger partial charge on any atom is -0.415 e. The topological polar surface area (TPSA) is 59.2 Å². The number of aromatic nitrogens is 2. The molecule has 0 fully saturated rings. The molecule has 0 N–H and O–H groups in total. The van der Waals surface area contributed by atoms with Gasteiger partial charge in [-0.25, -0.2) is 0 Å². The quantitative estimate of drug-likeness (QED) is 0.560. The average Bonchev–Trinajstić information content (AvgIpc) is 3.11. The number of anilines is 1. The van der Waals surface area contributed by atoms with Crippen molar-refractivity contribution in [3.63, 3.8) is 0 Å². The summed E-state index contributed by atoms with van der Waals surface area (Å²) in [6, 6.07) is 8.27. The van der Waals surface area contributed by atoms with Gasteiger partial charge in [0.1, 0.15) is 0 Å². The zero-order valence-electron chi connectivity index (χ0n) is 14.8. The molecule has 1 aliphatic heterocycles. The van der Waals surface area contributed by atoms with Crippen LogP contribution in [0.4, 0.5) is 5.69 Å². The molecule has 2 heterocycles. The molecule has 2 aromatic rings. The Morgan fingerprint density at radius 3 is 2.80 bits per heavy atom. The molecule has 1 aliphatic rings. The van der Waals surface area contributed by atoms with Crippen LogP contribution in [0.1, 0.15) is 25.3 Å². The highest BCUT2D eigenvalue weighted by Crippen LogP contribution is 2.46. The first-order valence-corrected chi connectivity index (χ1v) is 10.3. The van der Waals surface area contributed by atoms with E-state index in [1.54, 1.807) is 17.8 Å². The monoisotopic (exact) mass is 375 g/mol. The summed E-state index contributed by atoms with van der Waals surface area (Å²) in [6.45, 7) is 4.29. The van der Waals surface area contributed by atoms with E-state index in [1.165, 1.54) is 17.3 Å². The second-order valence-electron chi connectivity index (χ2n) is 6.38. The number of likely N-dealkylation sites (N-methyl/N-ethyl adjacent to an activating group) is 1. The number of hydrogen-bond donors (Lipinski definition) is 0. The van der Waals surface area contributed by atoms with Crippen LogP contribution in [-0.4, -0.2) is 35.0 Å². The van der Waals surface area contributed by atoms with E-state index in [1.807, 2.05) is 25.4 Å². The minimum atomic E-state index is -0.193. The first-order valence-electron chi connectivity index (χ1n) is 7.96. The van der Waals surface area contributed by atoms with E-state index >= 15 is 0 Å². The van der Waals surface area contributed by atoms with Gasteiger partial charge in [0, 0.05) is 29.9 Å². The number of hydrogen-bond acceptors (Lipinski definition) is 7. The van der Waals surface area contributed by atoms with Gasteiger partial charge in [-0.05, 0) is 17.9 Å². The van der Waals surface area contributed by atoms with Crippen molar-refractivity contribution in [3.05, 3.63) is 47.5 Å². The lowest BCUT2D eigenvalue weighted by Crippen LogP contribution is -2.24. The fourth-order valence-corrected chi connectivity index (χ4v) is 4.03. The normalized spacial score (nSPS) is 17.1. The van der Waals surface area contributed by atoms with Gasteiger partial charge in [0.15, 0.2) is 5.78 Å². The Bertz CT molecular complexity index is 814. The fraction of sp³-hybridized carbons (Fsp3) is 0.389. The Labute approximate surface area is 156 Å². The summed E-state index contributed by atoms with van der Waals surface area (Å²) in [7, 11) is 2.01. The number of nitrogens with zero attached hydrogens (tertiary/aromatic N) is 3. The Morgan fingerprint density at radius 1 is 1.32 bits per heavy atom. The predicted molar refractivity (Wildman–Crippen MR) is 103 cm³/mol. The maximum atomic E-state index is 12.5. The highest BCUT2D eigenvalue weighted by Gasteiger charge is 2.38. The molecule has 3 rings (SSSR count). The molecule has 0 atom stereocenters. The number of benzene rings is 1. The average molecular weight is 376 g/mol. The lowest BCUT2D eigenvalue weighted by Gasteiger charge is -2.23. The van der Waals surface area contributed by atoms with E-state index in [-0.39, 0.29) is 17.0 Å². The van der Waals surface area contributed by atoms with Crippen LogP contribution in [0.2, 0.25) is 0 Å². The summed E-state index contributed by atoms with van der Waals surface area (Å²) in [6.07, 6.45) is 3.72. The van der Waals surface area contributed by atoms with E-state index in [4.69, 9.17) is 4.42 Å². The molecular formula is C18H21N3O2S2. The summed E-state index contributed by atoms with van der Waals surface area (Å²) in [4.78, 5) is 14.6. The molecular weight excluding hydrogens is 354 g/mol. The van der Waals surface area contributed by atoms with Crippen LogP contribution in [0.15, 0.2) is 45.7 Å². The van der Waals surface area contributed by atoms with Crippen LogP contribution < -0.4 is 4.90 Å². The second-order valence-corrected chi connectivity index (χ2v) is 8.17. The van der Waals surface area contributed by atoms with Crippen molar-refractivity contribution < 1.29 is 9.21 Å². The summed E-state index contributed by atoms with van der Waals surface area (Å²) >= 11 is 2.90. The van der Waals surface area contributed by atoms with Gasteiger partial charge in [0.05, 0.1) is 11.5 Å². The molecule has 0 spiro atoms. The van der Waals surface area contributed by atoms with Crippen molar-refractivity contribution >= 4 is 35.0 Å². The number of allylic oxidation sites excluding steroid dienone is 2. The van der Waals surface area contributed by atoms with Crippen LogP contribution in [0, 0.1) is 0 Å². The number of rotatable bonds is 6. The lowest BCUT2D eigenvalue weighted by atomic mass is 9.83. The van der Waals surface area contributed by atoms with Gasteiger partial charge in [-0.15, -0.1) is 10.2 Å². The fourth-order valence-electron chi connectivity index (χ4n) is 3.06. The number of ketones is 1. The number of carbonyl (C=O) groups excluding carboxylic acids is 1. The largest absolute Gasteiger partial charge is 0.415 e. The first-order chi connectivity index (χ1) is 11.9. The third-order valence-electron chi connectivity index (χ3n) is 4.29. The van der Waals surface area contributed by atoms with Crippen molar-refractivity contribution in [3.8, 4) is 0 Å². The van der Waals surface area contributed by atoms with Crippen LogP contribution in [-0.2, 0) is 16.0 Å². The van der Waals surface area contributed by atoms with Gasteiger partial charge in [0.2, 0.25) is 5.89 Å². The highest BCUT2D eigenvalue weighted by molar-refractivity contribution is 7.99. The summed E-state index contributed by atoms with van der Waals surface area (Å²) in [5.74, 6) is 1.60. The summed E-state index contributed by atoms with van der Waals surface area (Å²) in [5.41, 5.74) is 3.20. The number of fused-ring (bicyclic) bond motifs is 1. The molecule has 1 aromatic carbocycles. The first kappa shape index (κ1) is 18.1. The van der Waals surface area contributed by atoms with Crippen molar-refractivity contribution in [1.82, 2.24) is 10.2 Å². The zero-order valence-corrected chi connectivity index (χ0v) is 16.4. The smallest absolute Gasteiger partial charge is 0.277 e. The van der Waals surface area contributed by atoms with Gasteiger partial charge < -0.3 is 9.32 Å². The van der Waals surface area contributed by atoms with Crippen LogP contribution in [0.3, 0.4) is 0 Å². The van der Waals surface area contributed by atoms with Crippen LogP contribution in [0.25, 0.3) is 0 Å². The molecule has 0 saturated carbocycles. The molecule has 0 aliphatic carbocycles. The van der Waals surface area contributed by atoms with Crippen molar-refractivity contribution in [2.75, 3.05) is 24.0 Å². The molecule has 0 saturated heterocycles. The summed E-state index contributed by atoms with van der Waals surface area (Å²) in [5, 5.41) is 8.36. The van der Waals surface area contributed by atoms with E-state index in [2.05, 4.69) is 41.1 Å². The Balaban J connectivity index is 1.71. The Kier molecular flexibility index (Phi) is 5.24. The molecule has 1 aromatic heterocycles. The van der Waals surface area contributed by atoms with Gasteiger partial charge >= 0.3 is 0 Å². The minimum absolute atomic E-state index is 0.0392. The maximum absolute atomic E-state index is 12.5. The molecule has 0 unspecified atom stereocenters. The number of para-hydroxylation sites is 1.